The number of hydrogen-bond donors (Lipinski definition) is 0. The van der Waals surface area contributed by atoms with Gasteiger partial charge in [-0.1, -0.05) is 26.0 Å². The van der Waals surface area contributed by atoms with Gasteiger partial charge in [-0.25, -0.2) is 0 Å². The van der Waals surface area contributed by atoms with E-state index in [0.29, 0.717) is 0 Å². The third kappa shape index (κ3) is 2.98. The minimum absolute atomic E-state index is 0.563. The van der Waals surface area contributed by atoms with E-state index in [2.05, 4.69) is 13.8 Å². The van der Waals surface area contributed by atoms with E-state index in [-0.39, 0.29) is 0 Å². The predicted molar refractivity (Wildman–Crippen MR) is 53.5 cm³/mol. The Labute approximate surface area is 80.2 Å². The molecule has 0 saturated carbocycles. The Kier molecular flexibility index (Phi) is 4.19. The largest absolute Gasteiger partial charge is 0.343 e. The summed E-state index contributed by atoms with van der Waals surface area (Å²) in [6.07, 6.45) is 9.87. The van der Waals surface area contributed by atoms with E-state index in [1.807, 2.05) is 24.3 Å². The standard InChI is InChI=1S/C11H18O2/c1-3-9-12-11(13-10-4-2)7-5-6-8-11/h5-8H,3-4,9-10H2,1-2H3. The van der Waals surface area contributed by atoms with E-state index in [4.69, 9.17) is 9.47 Å². The zero-order valence-corrected chi connectivity index (χ0v) is 8.45. The maximum atomic E-state index is 5.65. The highest BCUT2D eigenvalue weighted by Crippen LogP contribution is 2.22. The quantitative estimate of drug-likeness (QED) is 0.588. The molecule has 2 nitrogen and oxygen atoms in total. The van der Waals surface area contributed by atoms with Crippen molar-refractivity contribution in [1.82, 2.24) is 0 Å². The van der Waals surface area contributed by atoms with Gasteiger partial charge in [-0.2, -0.15) is 0 Å². The minimum atomic E-state index is -0.563. The Morgan fingerprint density at radius 3 is 1.77 bits per heavy atom. The first-order valence-corrected chi connectivity index (χ1v) is 4.98. The fraction of sp³-hybridized carbons (Fsp3) is 0.636. The average molecular weight is 182 g/mol. The van der Waals surface area contributed by atoms with Crippen molar-refractivity contribution < 1.29 is 9.47 Å². The molecule has 0 aromatic heterocycles. The van der Waals surface area contributed by atoms with Gasteiger partial charge >= 0.3 is 0 Å². The summed E-state index contributed by atoms with van der Waals surface area (Å²) >= 11 is 0. The molecule has 74 valence electrons. The molecule has 0 saturated heterocycles. The van der Waals surface area contributed by atoms with Gasteiger partial charge < -0.3 is 9.47 Å². The van der Waals surface area contributed by atoms with Crippen LogP contribution in [0.15, 0.2) is 24.3 Å². The Balaban J connectivity index is 2.44. The SMILES string of the molecule is CCCOC1(OCCC)C=CC=C1. The topological polar surface area (TPSA) is 18.5 Å². The van der Waals surface area contributed by atoms with Gasteiger partial charge in [0.2, 0.25) is 5.79 Å². The molecule has 1 rings (SSSR count). The van der Waals surface area contributed by atoms with Gasteiger partial charge in [-0.15, -0.1) is 0 Å². The third-order valence-corrected chi connectivity index (χ3v) is 1.83. The van der Waals surface area contributed by atoms with Gasteiger partial charge in [0.15, 0.2) is 0 Å². The Morgan fingerprint density at radius 1 is 0.923 bits per heavy atom. The van der Waals surface area contributed by atoms with Crippen LogP contribution in [0.1, 0.15) is 26.7 Å². The van der Waals surface area contributed by atoms with Crippen LogP contribution in [-0.4, -0.2) is 19.0 Å². The van der Waals surface area contributed by atoms with Crippen molar-refractivity contribution in [3.05, 3.63) is 24.3 Å². The van der Waals surface area contributed by atoms with Gasteiger partial charge in [0.1, 0.15) is 0 Å². The fourth-order valence-corrected chi connectivity index (χ4v) is 1.19. The third-order valence-electron chi connectivity index (χ3n) is 1.83. The predicted octanol–water partition coefficient (Wildman–Crippen LogP) is 2.66. The van der Waals surface area contributed by atoms with Crippen LogP contribution in [0.2, 0.25) is 0 Å². The Morgan fingerprint density at radius 2 is 1.38 bits per heavy atom. The molecule has 0 amide bonds. The molecule has 0 heterocycles. The molecule has 0 fully saturated rings. The zero-order chi connectivity index (χ0) is 9.57. The highest BCUT2D eigenvalue weighted by molar-refractivity contribution is 5.24. The first-order valence-electron chi connectivity index (χ1n) is 4.98. The zero-order valence-electron chi connectivity index (χ0n) is 8.45. The van der Waals surface area contributed by atoms with Crippen molar-refractivity contribution >= 4 is 0 Å². The molecule has 0 N–H and O–H groups in total. The van der Waals surface area contributed by atoms with Crippen molar-refractivity contribution in [3.63, 3.8) is 0 Å². The Hall–Kier alpha value is -0.600. The van der Waals surface area contributed by atoms with Crippen molar-refractivity contribution in [1.29, 1.82) is 0 Å². The number of hydrogen-bond acceptors (Lipinski definition) is 2. The molecule has 0 radical (unpaired) electrons. The van der Waals surface area contributed by atoms with Crippen molar-refractivity contribution in [2.75, 3.05) is 13.2 Å². The molecule has 1 aliphatic carbocycles. The van der Waals surface area contributed by atoms with Gasteiger partial charge in [-0.3, -0.25) is 0 Å². The molecule has 0 bridgehead atoms. The van der Waals surface area contributed by atoms with Crippen LogP contribution >= 0.6 is 0 Å². The monoisotopic (exact) mass is 182 g/mol. The normalized spacial score (nSPS) is 18.3. The highest BCUT2D eigenvalue weighted by atomic mass is 16.7. The van der Waals surface area contributed by atoms with Crippen LogP contribution in [0.5, 0.6) is 0 Å². The van der Waals surface area contributed by atoms with E-state index in [1.165, 1.54) is 0 Å². The lowest BCUT2D eigenvalue weighted by Crippen LogP contribution is -2.30. The molecule has 0 aliphatic heterocycles. The summed E-state index contributed by atoms with van der Waals surface area (Å²) in [6, 6.07) is 0. The Bertz CT molecular complexity index is 172. The number of allylic oxidation sites excluding steroid dienone is 2. The second-order valence-corrected chi connectivity index (χ2v) is 3.14. The maximum Gasteiger partial charge on any atom is 0.208 e. The van der Waals surface area contributed by atoms with Gasteiger partial charge in [-0.05, 0) is 25.0 Å². The van der Waals surface area contributed by atoms with Crippen molar-refractivity contribution in [3.8, 4) is 0 Å². The second-order valence-electron chi connectivity index (χ2n) is 3.14. The van der Waals surface area contributed by atoms with Gasteiger partial charge in [0.05, 0.1) is 13.2 Å². The molecule has 0 atom stereocenters. The van der Waals surface area contributed by atoms with E-state index in [1.54, 1.807) is 0 Å². The van der Waals surface area contributed by atoms with Crippen LogP contribution < -0.4 is 0 Å². The summed E-state index contributed by atoms with van der Waals surface area (Å²) in [5, 5.41) is 0. The number of rotatable bonds is 6. The summed E-state index contributed by atoms with van der Waals surface area (Å²) < 4.78 is 11.3. The molecule has 13 heavy (non-hydrogen) atoms. The van der Waals surface area contributed by atoms with Crippen LogP contribution in [-0.2, 0) is 9.47 Å². The van der Waals surface area contributed by atoms with Crippen LogP contribution in [0.25, 0.3) is 0 Å². The van der Waals surface area contributed by atoms with E-state index < -0.39 is 5.79 Å². The summed E-state index contributed by atoms with van der Waals surface area (Å²) in [7, 11) is 0. The van der Waals surface area contributed by atoms with E-state index >= 15 is 0 Å². The van der Waals surface area contributed by atoms with Crippen LogP contribution in [0.4, 0.5) is 0 Å². The summed E-state index contributed by atoms with van der Waals surface area (Å²) in [4.78, 5) is 0. The van der Waals surface area contributed by atoms with E-state index in [9.17, 15) is 0 Å². The molecular formula is C11H18O2. The molecule has 2 heteroatoms. The van der Waals surface area contributed by atoms with Gasteiger partial charge in [0, 0.05) is 0 Å². The van der Waals surface area contributed by atoms with Crippen molar-refractivity contribution in [2.45, 2.75) is 32.5 Å². The lowest BCUT2D eigenvalue weighted by Gasteiger charge is -2.25. The first-order chi connectivity index (χ1) is 6.33. The van der Waals surface area contributed by atoms with E-state index in [0.717, 1.165) is 26.1 Å². The van der Waals surface area contributed by atoms with Crippen molar-refractivity contribution in [2.24, 2.45) is 0 Å². The number of ether oxygens (including phenoxy) is 2. The highest BCUT2D eigenvalue weighted by Gasteiger charge is 2.26. The minimum Gasteiger partial charge on any atom is -0.343 e. The molecule has 1 aliphatic rings. The van der Waals surface area contributed by atoms with Crippen LogP contribution in [0, 0.1) is 0 Å². The first kappa shape index (κ1) is 10.5. The lowest BCUT2D eigenvalue weighted by molar-refractivity contribution is -0.169. The molecular weight excluding hydrogens is 164 g/mol. The molecule has 0 aromatic rings. The summed E-state index contributed by atoms with van der Waals surface area (Å²) in [5.41, 5.74) is 0. The lowest BCUT2D eigenvalue weighted by atomic mass is 10.3. The second kappa shape index (κ2) is 5.20. The average Bonchev–Trinajstić information content (AvgIpc) is 2.61. The smallest absolute Gasteiger partial charge is 0.208 e. The van der Waals surface area contributed by atoms with Crippen LogP contribution in [0.3, 0.4) is 0 Å². The van der Waals surface area contributed by atoms with Gasteiger partial charge in [0.25, 0.3) is 0 Å². The molecule has 0 spiro atoms. The summed E-state index contributed by atoms with van der Waals surface area (Å²) in [5.74, 6) is -0.563. The molecule has 0 aromatic carbocycles. The maximum absolute atomic E-state index is 5.65. The summed E-state index contributed by atoms with van der Waals surface area (Å²) in [6.45, 7) is 5.66. The fourth-order valence-electron chi connectivity index (χ4n) is 1.19. The molecule has 0 unspecified atom stereocenters.